The first-order valence-corrected chi connectivity index (χ1v) is 14.5. The smallest absolute Gasteiger partial charge is 0.416 e. The molecule has 0 fully saturated rings. The molecule has 0 aliphatic carbocycles. The summed E-state index contributed by atoms with van der Waals surface area (Å²) in [4.78, 5) is 30.4. The Kier molecular flexibility index (Phi) is 9.40. The summed E-state index contributed by atoms with van der Waals surface area (Å²) < 4.78 is 56.3. The van der Waals surface area contributed by atoms with Crippen LogP contribution in [0.3, 0.4) is 0 Å². The number of likely N-dealkylation sites (N-methyl/N-ethyl adjacent to an activating group) is 1. The van der Waals surface area contributed by atoms with Crippen molar-refractivity contribution in [2.24, 2.45) is 5.92 Å². The summed E-state index contributed by atoms with van der Waals surface area (Å²) in [5.74, 6) is 0.998. The average molecular weight is 629 g/mol. The number of aliphatic hydroxyl groups excluding tert-OH is 1. The maximum absolute atomic E-state index is 13.7. The summed E-state index contributed by atoms with van der Waals surface area (Å²) in [6.07, 6.45) is -4.94. The molecule has 0 radical (unpaired) electrons. The first kappa shape index (κ1) is 31.9. The number of urea groups is 1. The van der Waals surface area contributed by atoms with E-state index in [4.69, 9.17) is 14.2 Å². The number of ether oxygens (including phenoxy) is 3. The molecule has 0 saturated carbocycles. The van der Waals surface area contributed by atoms with Crippen molar-refractivity contribution < 1.29 is 42.1 Å². The molecule has 240 valence electrons. The van der Waals surface area contributed by atoms with Gasteiger partial charge in [-0.25, -0.2) is 4.79 Å². The fourth-order valence-corrected chi connectivity index (χ4v) is 5.31. The Morgan fingerprint density at radius 1 is 1.09 bits per heavy atom. The van der Waals surface area contributed by atoms with Crippen molar-refractivity contribution in [3.63, 3.8) is 0 Å². The van der Waals surface area contributed by atoms with Crippen LogP contribution in [0.5, 0.6) is 17.2 Å². The van der Waals surface area contributed by atoms with Gasteiger partial charge in [-0.15, -0.1) is 0 Å². The van der Waals surface area contributed by atoms with Crippen LogP contribution >= 0.6 is 0 Å². The SMILES string of the molecule is C[C@H]1CN([C@@H](C)CO)C(=O)c2cccc(NC(=O)Nc3ccc(C(F)(F)F)cc3)c2O[C@H]1CN(C)Cc1ccc2c(c1)OCO2. The van der Waals surface area contributed by atoms with Crippen molar-refractivity contribution in [3.8, 4) is 17.2 Å². The van der Waals surface area contributed by atoms with E-state index in [9.17, 15) is 27.9 Å². The van der Waals surface area contributed by atoms with Crippen LogP contribution in [-0.4, -0.2) is 72.5 Å². The number of para-hydroxylation sites is 1. The van der Waals surface area contributed by atoms with Gasteiger partial charge < -0.3 is 34.9 Å². The van der Waals surface area contributed by atoms with Gasteiger partial charge >= 0.3 is 12.2 Å². The average Bonchev–Trinajstić information content (AvgIpc) is 3.46. The number of nitrogens with one attached hydrogen (secondary N) is 2. The zero-order chi connectivity index (χ0) is 32.3. The molecule has 10 nitrogen and oxygen atoms in total. The Labute approximate surface area is 258 Å². The third kappa shape index (κ3) is 7.43. The van der Waals surface area contributed by atoms with Gasteiger partial charge in [0, 0.05) is 31.2 Å². The molecule has 0 saturated heterocycles. The van der Waals surface area contributed by atoms with E-state index in [1.165, 1.54) is 0 Å². The second-order valence-corrected chi connectivity index (χ2v) is 11.3. The molecule has 3 N–H and O–H groups in total. The molecule has 45 heavy (non-hydrogen) atoms. The van der Waals surface area contributed by atoms with Crippen LogP contribution in [0.4, 0.5) is 29.3 Å². The van der Waals surface area contributed by atoms with Gasteiger partial charge in [0.25, 0.3) is 5.91 Å². The lowest BCUT2D eigenvalue weighted by atomic mass is 9.99. The summed E-state index contributed by atoms with van der Waals surface area (Å²) >= 11 is 0. The van der Waals surface area contributed by atoms with Crippen LogP contribution in [0.1, 0.15) is 35.3 Å². The predicted octanol–water partition coefficient (Wildman–Crippen LogP) is 5.43. The lowest BCUT2D eigenvalue weighted by molar-refractivity contribution is -0.137. The van der Waals surface area contributed by atoms with Crippen molar-refractivity contribution >= 4 is 23.3 Å². The molecule has 2 aliphatic heterocycles. The third-order valence-electron chi connectivity index (χ3n) is 7.79. The van der Waals surface area contributed by atoms with Crippen LogP contribution in [0.25, 0.3) is 0 Å². The molecule has 3 aromatic rings. The monoisotopic (exact) mass is 628 g/mol. The van der Waals surface area contributed by atoms with E-state index in [-0.39, 0.29) is 47.9 Å². The predicted molar refractivity (Wildman–Crippen MR) is 161 cm³/mol. The molecule has 0 spiro atoms. The Bertz CT molecular complexity index is 1530. The number of hydrogen-bond donors (Lipinski definition) is 3. The highest BCUT2D eigenvalue weighted by atomic mass is 19.4. The summed E-state index contributed by atoms with van der Waals surface area (Å²) in [5.41, 5.74) is 0.733. The maximum atomic E-state index is 13.7. The number of fused-ring (bicyclic) bond motifs is 2. The standard InChI is InChI=1S/C32H35F3N4O6/c1-19-14-39(20(2)17-40)30(41)24-5-4-6-25(37-31(42)36-23-10-8-22(9-11-23)32(33,34)35)29(24)45-28(19)16-38(3)15-21-7-12-26-27(13-21)44-18-43-26/h4-13,19-20,28,40H,14-18H2,1-3H3,(H2,36,37,42)/t19-,20-,28-/m0/s1. The van der Waals surface area contributed by atoms with Gasteiger partial charge in [0.05, 0.1) is 29.5 Å². The number of aliphatic hydroxyl groups is 1. The van der Waals surface area contributed by atoms with Crippen molar-refractivity contribution in [2.45, 2.75) is 38.7 Å². The Morgan fingerprint density at radius 2 is 1.82 bits per heavy atom. The second-order valence-electron chi connectivity index (χ2n) is 11.3. The maximum Gasteiger partial charge on any atom is 0.416 e. The number of carbonyl (C=O) groups is 2. The first-order chi connectivity index (χ1) is 21.4. The highest BCUT2D eigenvalue weighted by Crippen LogP contribution is 2.36. The largest absolute Gasteiger partial charge is 0.486 e. The van der Waals surface area contributed by atoms with Crippen LogP contribution in [0, 0.1) is 5.92 Å². The molecule has 2 aliphatic rings. The number of carbonyl (C=O) groups excluding carboxylic acids is 2. The van der Waals surface area contributed by atoms with Gasteiger partial charge in [-0.3, -0.25) is 9.69 Å². The Hall–Kier alpha value is -4.49. The van der Waals surface area contributed by atoms with Crippen LogP contribution in [0.2, 0.25) is 0 Å². The zero-order valence-electron chi connectivity index (χ0n) is 25.1. The molecule has 3 atom stereocenters. The topological polar surface area (TPSA) is 113 Å². The number of amides is 3. The van der Waals surface area contributed by atoms with Crippen LogP contribution < -0.4 is 24.8 Å². The lowest BCUT2D eigenvalue weighted by Crippen LogP contribution is -2.49. The van der Waals surface area contributed by atoms with Gasteiger partial charge in [-0.1, -0.05) is 19.1 Å². The number of rotatable bonds is 8. The molecule has 2 heterocycles. The highest BCUT2D eigenvalue weighted by Gasteiger charge is 2.35. The number of hydrogen-bond acceptors (Lipinski definition) is 7. The molecule has 3 amide bonds. The fraction of sp³-hybridized carbons (Fsp3) is 0.375. The fourth-order valence-electron chi connectivity index (χ4n) is 5.31. The summed E-state index contributed by atoms with van der Waals surface area (Å²) in [6, 6.07) is 13.4. The van der Waals surface area contributed by atoms with E-state index in [2.05, 4.69) is 15.5 Å². The summed E-state index contributed by atoms with van der Waals surface area (Å²) in [7, 11) is 1.95. The number of halogens is 3. The minimum atomic E-state index is -4.50. The summed E-state index contributed by atoms with van der Waals surface area (Å²) in [5, 5.41) is 15.1. The molecular weight excluding hydrogens is 593 g/mol. The number of anilines is 2. The number of nitrogens with zero attached hydrogens (tertiary/aromatic N) is 2. The van der Waals surface area contributed by atoms with E-state index < -0.39 is 29.9 Å². The normalized spacial score (nSPS) is 18.5. The van der Waals surface area contributed by atoms with Crippen molar-refractivity contribution in [1.82, 2.24) is 9.80 Å². The van der Waals surface area contributed by atoms with Gasteiger partial charge in [-0.2, -0.15) is 13.2 Å². The van der Waals surface area contributed by atoms with E-state index in [1.807, 2.05) is 32.2 Å². The van der Waals surface area contributed by atoms with Crippen LogP contribution in [0.15, 0.2) is 60.7 Å². The van der Waals surface area contributed by atoms with E-state index >= 15 is 0 Å². The Balaban J connectivity index is 1.38. The quantitative estimate of drug-likeness (QED) is 0.305. The molecule has 0 bridgehead atoms. The van der Waals surface area contributed by atoms with Crippen molar-refractivity contribution in [1.29, 1.82) is 0 Å². The Morgan fingerprint density at radius 3 is 2.53 bits per heavy atom. The number of benzene rings is 3. The molecule has 3 aromatic carbocycles. The third-order valence-corrected chi connectivity index (χ3v) is 7.79. The van der Waals surface area contributed by atoms with Crippen molar-refractivity contribution in [2.75, 3.05) is 44.2 Å². The second kappa shape index (κ2) is 13.2. The molecule has 0 aromatic heterocycles. The summed E-state index contributed by atoms with van der Waals surface area (Å²) in [6.45, 7) is 5.01. The molecular formula is C32H35F3N4O6. The number of alkyl halides is 3. The van der Waals surface area contributed by atoms with E-state index in [0.29, 0.717) is 31.1 Å². The molecule has 5 rings (SSSR count). The highest BCUT2D eigenvalue weighted by molar-refractivity contribution is 6.04. The van der Waals surface area contributed by atoms with Crippen LogP contribution in [-0.2, 0) is 12.7 Å². The van der Waals surface area contributed by atoms with Gasteiger partial charge in [0.15, 0.2) is 17.2 Å². The zero-order valence-corrected chi connectivity index (χ0v) is 25.1. The van der Waals surface area contributed by atoms with Crippen molar-refractivity contribution in [3.05, 3.63) is 77.4 Å². The van der Waals surface area contributed by atoms with Gasteiger partial charge in [0.1, 0.15) is 6.10 Å². The van der Waals surface area contributed by atoms with E-state index in [1.54, 1.807) is 30.0 Å². The first-order valence-electron chi connectivity index (χ1n) is 14.5. The molecule has 13 heteroatoms. The van der Waals surface area contributed by atoms with Gasteiger partial charge in [0.2, 0.25) is 6.79 Å². The van der Waals surface area contributed by atoms with E-state index in [0.717, 1.165) is 29.8 Å². The lowest BCUT2D eigenvalue weighted by Gasteiger charge is -2.38. The minimum absolute atomic E-state index is 0.149. The van der Waals surface area contributed by atoms with Gasteiger partial charge in [-0.05, 0) is 68.1 Å². The molecule has 0 unspecified atom stereocenters. The minimum Gasteiger partial charge on any atom is -0.486 e.